The summed E-state index contributed by atoms with van der Waals surface area (Å²) in [5, 5.41) is 12.7. The largest absolute Gasteiger partial charge is 0.433 e. The number of halogens is 3. The maximum absolute atomic E-state index is 12.5. The summed E-state index contributed by atoms with van der Waals surface area (Å²) in [4.78, 5) is 3.54. The first-order valence-corrected chi connectivity index (χ1v) is 6.43. The molecular weight excluding hydrogens is 257 g/mol. The highest BCUT2D eigenvalue weighted by molar-refractivity contribution is 5.36. The number of nitrogens with one attached hydrogen (secondary N) is 1. The number of aliphatic hydroxyl groups excluding tert-OH is 1. The Morgan fingerprint density at radius 2 is 2.00 bits per heavy atom. The summed E-state index contributed by atoms with van der Waals surface area (Å²) in [6.45, 7) is 0.454. The molecule has 2 N–H and O–H groups in total. The zero-order valence-electron chi connectivity index (χ0n) is 10.5. The van der Waals surface area contributed by atoms with E-state index in [2.05, 4.69) is 10.3 Å². The van der Waals surface area contributed by atoms with Crippen molar-refractivity contribution in [3.8, 4) is 0 Å². The Balaban J connectivity index is 1.96. The van der Waals surface area contributed by atoms with E-state index in [4.69, 9.17) is 0 Å². The summed E-state index contributed by atoms with van der Waals surface area (Å²) in [7, 11) is 0. The Hall–Kier alpha value is -1.30. The second-order valence-corrected chi connectivity index (χ2v) is 4.90. The molecule has 1 fully saturated rings. The van der Waals surface area contributed by atoms with Crippen molar-refractivity contribution in [3.63, 3.8) is 0 Å². The lowest BCUT2D eigenvalue weighted by atomic mass is 9.86. The van der Waals surface area contributed by atoms with E-state index in [1.807, 2.05) is 0 Å². The molecule has 2 rings (SSSR count). The van der Waals surface area contributed by atoms with Crippen molar-refractivity contribution in [2.75, 3.05) is 11.9 Å². The normalized spacial score (nSPS) is 24.2. The van der Waals surface area contributed by atoms with E-state index >= 15 is 0 Å². The van der Waals surface area contributed by atoms with Gasteiger partial charge in [0, 0.05) is 12.5 Å². The fraction of sp³-hybridized carbons (Fsp3) is 0.615. The molecule has 1 aliphatic rings. The topological polar surface area (TPSA) is 45.1 Å². The molecule has 19 heavy (non-hydrogen) atoms. The maximum Gasteiger partial charge on any atom is 0.433 e. The van der Waals surface area contributed by atoms with E-state index in [0.29, 0.717) is 6.54 Å². The predicted molar refractivity (Wildman–Crippen MR) is 65.7 cm³/mol. The molecule has 2 atom stereocenters. The van der Waals surface area contributed by atoms with Crippen LogP contribution in [0.1, 0.15) is 31.4 Å². The second-order valence-electron chi connectivity index (χ2n) is 4.90. The first kappa shape index (κ1) is 14.1. The first-order valence-electron chi connectivity index (χ1n) is 6.43. The molecule has 1 aliphatic carbocycles. The van der Waals surface area contributed by atoms with Crippen LogP contribution in [-0.2, 0) is 6.18 Å². The number of hydrogen-bond donors (Lipinski definition) is 2. The van der Waals surface area contributed by atoms with Crippen LogP contribution in [0.5, 0.6) is 0 Å². The average molecular weight is 274 g/mol. The van der Waals surface area contributed by atoms with Crippen LogP contribution in [-0.4, -0.2) is 22.7 Å². The third-order valence-electron chi connectivity index (χ3n) is 3.45. The first-order chi connectivity index (χ1) is 8.97. The Kier molecular flexibility index (Phi) is 4.29. The summed E-state index contributed by atoms with van der Waals surface area (Å²) < 4.78 is 37.5. The third-order valence-corrected chi connectivity index (χ3v) is 3.45. The molecule has 1 heterocycles. The van der Waals surface area contributed by atoms with Crippen LogP contribution in [0.4, 0.5) is 19.0 Å². The molecule has 0 aliphatic heterocycles. The number of anilines is 1. The molecule has 0 spiro atoms. The quantitative estimate of drug-likeness (QED) is 0.890. The van der Waals surface area contributed by atoms with Crippen molar-refractivity contribution >= 4 is 5.82 Å². The minimum atomic E-state index is -4.43. The van der Waals surface area contributed by atoms with Gasteiger partial charge in [0.2, 0.25) is 0 Å². The number of nitrogens with zero attached hydrogens (tertiary/aromatic N) is 1. The summed E-state index contributed by atoms with van der Waals surface area (Å²) in [6.07, 6.45) is -1.07. The van der Waals surface area contributed by atoms with Crippen molar-refractivity contribution in [1.82, 2.24) is 4.98 Å². The molecule has 0 amide bonds. The van der Waals surface area contributed by atoms with E-state index in [1.165, 1.54) is 12.1 Å². The monoisotopic (exact) mass is 274 g/mol. The Morgan fingerprint density at radius 1 is 1.26 bits per heavy atom. The van der Waals surface area contributed by atoms with Gasteiger partial charge in [-0.3, -0.25) is 0 Å². The molecule has 3 nitrogen and oxygen atoms in total. The zero-order chi connectivity index (χ0) is 13.9. The molecule has 1 aromatic rings. The van der Waals surface area contributed by atoms with Crippen LogP contribution in [0.2, 0.25) is 0 Å². The number of aliphatic hydroxyl groups is 1. The van der Waals surface area contributed by atoms with Crippen LogP contribution < -0.4 is 5.32 Å². The lowest BCUT2D eigenvalue weighted by Gasteiger charge is -2.27. The molecule has 1 aromatic heterocycles. The number of pyridine rings is 1. The lowest BCUT2D eigenvalue weighted by molar-refractivity contribution is -0.141. The van der Waals surface area contributed by atoms with E-state index in [0.717, 1.165) is 31.7 Å². The molecule has 0 aromatic carbocycles. The molecule has 6 heteroatoms. The van der Waals surface area contributed by atoms with Crippen LogP contribution in [0, 0.1) is 5.92 Å². The van der Waals surface area contributed by atoms with Gasteiger partial charge in [-0.25, -0.2) is 4.98 Å². The Labute approximate surface area is 109 Å². The fourth-order valence-corrected chi connectivity index (χ4v) is 2.35. The van der Waals surface area contributed by atoms with Crippen LogP contribution in [0.3, 0.4) is 0 Å². The van der Waals surface area contributed by atoms with Gasteiger partial charge in [-0.15, -0.1) is 0 Å². The van der Waals surface area contributed by atoms with E-state index < -0.39 is 11.9 Å². The molecule has 0 radical (unpaired) electrons. The average Bonchev–Trinajstić information content (AvgIpc) is 2.37. The fourth-order valence-electron chi connectivity index (χ4n) is 2.35. The SMILES string of the molecule is OC1CCCCC1CNc1cccc(C(F)(F)F)n1. The van der Waals surface area contributed by atoms with Gasteiger partial charge >= 0.3 is 6.18 Å². The summed E-state index contributed by atoms with van der Waals surface area (Å²) in [5.74, 6) is 0.290. The van der Waals surface area contributed by atoms with Gasteiger partial charge in [-0.2, -0.15) is 13.2 Å². The third kappa shape index (κ3) is 3.83. The van der Waals surface area contributed by atoms with Crippen LogP contribution in [0.25, 0.3) is 0 Å². The second kappa shape index (κ2) is 5.77. The van der Waals surface area contributed by atoms with Crippen LogP contribution >= 0.6 is 0 Å². The van der Waals surface area contributed by atoms with Gasteiger partial charge in [0.25, 0.3) is 0 Å². The number of aromatic nitrogens is 1. The summed E-state index contributed by atoms with van der Waals surface area (Å²) in [5.41, 5.74) is -0.901. The lowest BCUT2D eigenvalue weighted by Crippen LogP contribution is -2.30. The minimum Gasteiger partial charge on any atom is -0.393 e. The van der Waals surface area contributed by atoms with Gasteiger partial charge < -0.3 is 10.4 Å². The van der Waals surface area contributed by atoms with E-state index in [-0.39, 0.29) is 17.8 Å². The van der Waals surface area contributed by atoms with Crippen molar-refractivity contribution in [3.05, 3.63) is 23.9 Å². The van der Waals surface area contributed by atoms with Gasteiger partial charge in [-0.1, -0.05) is 18.9 Å². The van der Waals surface area contributed by atoms with Gasteiger partial charge in [0.1, 0.15) is 11.5 Å². The molecule has 0 saturated heterocycles. The Morgan fingerprint density at radius 3 is 2.68 bits per heavy atom. The maximum atomic E-state index is 12.5. The predicted octanol–water partition coefficient (Wildman–Crippen LogP) is 3.06. The highest BCUT2D eigenvalue weighted by atomic mass is 19.4. The van der Waals surface area contributed by atoms with Crippen molar-refractivity contribution in [1.29, 1.82) is 0 Å². The zero-order valence-corrected chi connectivity index (χ0v) is 10.5. The van der Waals surface area contributed by atoms with Crippen molar-refractivity contribution in [2.45, 2.75) is 38.0 Å². The van der Waals surface area contributed by atoms with Crippen molar-refractivity contribution < 1.29 is 18.3 Å². The number of hydrogen-bond acceptors (Lipinski definition) is 3. The minimum absolute atomic E-state index is 0.0880. The van der Waals surface area contributed by atoms with Crippen molar-refractivity contribution in [2.24, 2.45) is 5.92 Å². The number of rotatable bonds is 3. The van der Waals surface area contributed by atoms with E-state index in [1.54, 1.807) is 0 Å². The molecule has 1 saturated carbocycles. The summed E-state index contributed by atoms with van der Waals surface area (Å²) in [6, 6.07) is 3.78. The Bertz CT molecular complexity index is 423. The van der Waals surface area contributed by atoms with Crippen LogP contribution in [0.15, 0.2) is 18.2 Å². The molecule has 0 bridgehead atoms. The molecule has 2 unspecified atom stereocenters. The molecule has 106 valence electrons. The number of alkyl halides is 3. The van der Waals surface area contributed by atoms with Gasteiger partial charge in [-0.05, 0) is 25.0 Å². The smallest absolute Gasteiger partial charge is 0.393 e. The van der Waals surface area contributed by atoms with E-state index in [9.17, 15) is 18.3 Å². The van der Waals surface area contributed by atoms with Gasteiger partial charge in [0.15, 0.2) is 0 Å². The van der Waals surface area contributed by atoms with Gasteiger partial charge in [0.05, 0.1) is 6.10 Å². The highest BCUT2D eigenvalue weighted by Crippen LogP contribution is 2.28. The highest BCUT2D eigenvalue weighted by Gasteiger charge is 2.32. The summed E-state index contributed by atoms with van der Waals surface area (Å²) >= 11 is 0. The standard InChI is InChI=1S/C13H17F3N2O/c14-13(15,16)11-6-3-7-12(18-11)17-8-9-4-1-2-5-10(9)19/h3,6-7,9-10,19H,1-2,4-5,8H2,(H,17,18). The molecular formula is C13H17F3N2O.